The summed E-state index contributed by atoms with van der Waals surface area (Å²) in [4.78, 5) is 12.3. The van der Waals surface area contributed by atoms with E-state index in [1.807, 2.05) is 0 Å². The maximum Gasteiger partial charge on any atom is 0.251 e. The number of sulfonamides is 1. The highest BCUT2D eigenvalue weighted by Gasteiger charge is 2.19. The molecule has 1 aliphatic heterocycles. The van der Waals surface area contributed by atoms with E-state index in [4.69, 9.17) is 4.74 Å². The molecule has 0 bridgehead atoms. The third-order valence-corrected chi connectivity index (χ3v) is 5.33. The minimum Gasteiger partial charge on any atom is -0.376 e. The Morgan fingerprint density at radius 1 is 1.36 bits per heavy atom. The van der Waals surface area contributed by atoms with E-state index < -0.39 is 10.0 Å². The highest BCUT2D eigenvalue weighted by atomic mass is 32.2. The monoisotopic (exact) mass is 364 g/mol. The third kappa shape index (κ3) is 4.65. The second-order valence-electron chi connectivity index (χ2n) is 5.78. The first-order valence-corrected chi connectivity index (χ1v) is 9.51. The molecule has 1 atom stereocenters. The lowest BCUT2D eigenvalue weighted by Gasteiger charge is -2.11. The van der Waals surface area contributed by atoms with E-state index >= 15 is 0 Å². The number of hydrogen-bond acceptors (Lipinski definition) is 5. The number of H-pyrrole nitrogens is 1. The lowest BCUT2D eigenvalue weighted by Crippen LogP contribution is -2.32. The predicted octanol–water partition coefficient (Wildman–Crippen LogP) is 0.797. The van der Waals surface area contributed by atoms with Gasteiger partial charge in [0.15, 0.2) is 0 Å². The second kappa shape index (κ2) is 7.77. The first-order valence-electron chi connectivity index (χ1n) is 8.02. The van der Waals surface area contributed by atoms with Crippen molar-refractivity contribution in [1.82, 2.24) is 20.2 Å². The first kappa shape index (κ1) is 17.6. The van der Waals surface area contributed by atoms with Crippen molar-refractivity contribution in [2.45, 2.75) is 30.4 Å². The maximum atomic E-state index is 12.4. The average molecular weight is 364 g/mol. The Morgan fingerprint density at radius 2 is 2.24 bits per heavy atom. The van der Waals surface area contributed by atoms with E-state index in [-0.39, 0.29) is 23.5 Å². The third-order valence-electron chi connectivity index (χ3n) is 3.93. The fraction of sp³-hybridized carbons (Fsp3) is 0.375. The standard InChI is InChI=1S/C16H20N4O4S/c21-16(17-11-14-4-2-8-24-14)12-3-1-5-15(9-12)25(22,23)19-10-13-6-7-18-20-13/h1,3,5-7,9,14,19H,2,4,8,10-11H2,(H,17,21)(H,18,20)/t14-/m0/s1. The van der Waals surface area contributed by atoms with Crippen LogP contribution in [0.3, 0.4) is 0 Å². The van der Waals surface area contributed by atoms with Crippen LogP contribution in [0.25, 0.3) is 0 Å². The van der Waals surface area contributed by atoms with Gasteiger partial charge in [-0.1, -0.05) is 6.07 Å². The van der Waals surface area contributed by atoms with E-state index in [2.05, 4.69) is 20.2 Å². The van der Waals surface area contributed by atoms with Crippen molar-refractivity contribution in [2.75, 3.05) is 13.2 Å². The molecule has 3 N–H and O–H groups in total. The van der Waals surface area contributed by atoms with Crippen molar-refractivity contribution in [3.05, 3.63) is 47.8 Å². The quantitative estimate of drug-likeness (QED) is 0.672. The Balaban J connectivity index is 1.64. The zero-order chi connectivity index (χ0) is 17.7. The summed E-state index contributed by atoms with van der Waals surface area (Å²) in [6.45, 7) is 1.24. The van der Waals surface area contributed by atoms with Crippen LogP contribution in [-0.4, -0.2) is 43.8 Å². The second-order valence-corrected chi connectivity index (χ2v) is 7.55. The zero-order valence-corrected chi connectivity index (χ0v) is 14.4. The molecular formula is C16H20N4O4S. The first-order chi connectivity index (χ1) is 12.0. The highest BCUT2D eigenvalue weighted by molar-refractivity contribution is 7.89. The van der Waals surface area contributed by atoms with Crippen LogP contribution in [0.1, 0.15) is 28.9 Å². The number of benzene rings is 1. The number of hydrogen-bond donors (Lipinski definition) is 3. The molecular weight excluding hydrogens is 344 g/mol. The molecule has 0 spiro atoms. The smallest absolute Gasteiger partial charge is 0.251 e. The molecule has 9 heteroatoms. The zero-order valence-electron chi connectivity index (χ0n) is 13.6. The van der Waals surface area contributed by atoms with Crippen molar-refractivity contribution >= 4 is 15.9 Å². The molecule has 0 radical (unpaired) electrons. The molecule has 0 aliphatic carbocycles. The molecule has 8 nitrogen and oxygen atoms in total. The minimum absolute atomic E-state index is 0.0342. The summed E-state index contributed by atoms with van der Waals surface area (Å²) in [7, 11) is -3.73. The molecule has 1 amide bonds. The largest absolute Gasteiger partial charge is 0.376 e. The van der Waals surface area contributed by atoms with E-state index in [0.29, 0.717) is 17.8 Å². The molecule has 1 aliphatic rings. The number of rotatable bonds is 7. The number of aromatic nitrogens is 2. The summed E-state index contributed by atoms with van der Waals surface area (Å²) in [5, 5.41) is 9.23. The van der Waals surface area contributed by atoms with Crippen molar-refractivity contribution in [2.24, 2.45) is 0 Å². The molecule has 134 valence electrons. The summed E-state index contributed by atoms with van der Waals surface area (Å²) in [6.07, 6.45) is 3.50. The minimum atomic E-state index is -3.73. The van der Waals surface area contributed by atoms with Crippen molar-refractivity contribution in [1.29, 1.82) is 0 Å². The van der Waals surface area contributed by atoms with Crippen LogP contribution >= 0.6 is 0 Å². The van der Waals surface area contributed by atoms with E-state index in [9.17, 15) is 13.2 Å². The van der Waals surface area contributed by atoms with Crippen molar-refractivity contribution in [3.8, 4) is 0 Å². The van der Waals surface area contributed by atoms with Gasteiger partial charge in [0.1, 0.15) is 0 Å². The van der Waals surface area contributed by atoms with Crippen LogP contribution in [0.2, 0.25) is 0 Å². The van der Waals surface area contributed by atoms with Crippen molar-refractivity contribution in [3.63, 3.8) is 0 Å². The van der Waals surface area contributed by atoms with Gasteiger partial charge in [-0.3, -0.25) is 9.89 Å². The molecule has 1 saturated heterocycles. The highest BCUT2D eigenvalue weighted by Crippen LogP contribution is 2.13. The van der Waals surface area contributed by atoms with Crippen LogP contribution < -0.4 is 10.0 Å². The molecule has 25 heavy (non-hydrogen) atoms. The van der Waals surface area contributed by atoms with Gasteiger partial charge in [0.2, 0.25) is 10.0 Å². The number of aromatic amines is 1. The average Bonchev–Trinajstić information content (AvgIpc) is 3.31. The lowest BCUT2D eigenvalue weighted by molar-refractivity contribution is 0.0857. The van der Waals surface area contributed by atoms with Crippen LogP contribution in [0.15, 0.2) is 41.4 Å². The topological polar surface area (TPSA) is 113 Å². The van der Waals surface area contributed by atoms with E-state index in [1.165, 1.54) is 12.1 Å². The molecule has 1 aromatic heterocycles. The Kier molecular flexibility index (Phi) is 5.47. The Labute approximate surface area is 146 Å². The van der Waals surface area contributed by atoms with Gasteiger partial charge < -0.3 is 10.1 Å². The Bertz CT molecular complexity index is 814. The van der Waals surface area contributed by atoms with Crippen LogP contribution in [0, 0.1) is 0 Å². The normalized spacial score (nSPS) is 17.5. The molecule has 1 aromatic carbocycles. The van der Waals surface area contributed by atoms with Gasteiger partial charge in [-0.25, -0.2) is 13.1 Å². The number of carbonyl (C=O) groups excluding carboxylic acids is 1. The predicted molar refractivity (Wildman–Crippen MR) is 90.4 cm³/mol. The van der Waals surface area contributed by atoms with Gasteiger partial charge >= 0.3 is 0 Å². The summed E-state index contributed by atoms with van der Waals surface area (Å²) < 4.78 is 32.7. The van der Waals surface area contributed by atoms with Crippen molar-refractivity contribution < 1.29 is 17.9 Å². The fourth-order valence-corrected chi connectivity index (χ4v) is 3.61. The van der Waals surface area contributed by atoms with Gasteiger partial charge in [0, 0.05) is 24.9 Å². The van der Waals surface area contributed by atoms with Crippen LogP contribution in [0.4, 0.5) is 0 Å². The van der Waals surface area contributed by atoms with E-state index in [0.717, 1.165) is 19.4 Å². The van der Waals surface area contributed by atoms with Crippen LogP contribution in [-0.2, 0) is 21.3 Å². The van der Waals surface area contributed by atoms with Gasteiger partial charge in [-0.05, 0) is 37.1 Å². The number of amides is 1. The molecule has 2 heterocycles. The van der Waals surface area contributed by atoms with E-state index in [1.54, 1.807) is 24.4 Å². The lowest BCUT2D eigenvalue weighted by atomic mass is 10.2. The SMILES string of the molecule is O=C(NC[C@@H]1CCCO1)c1cccc(S(=O)(=O)NCc2ccn[nH]2)c1. The van der Waals surface area contributed by atoms with Gasteiger partial charge in [-0.15, -0.1) is 0 Å². The van der Waals surface area contributed by atoms with Gasteiger partial charge in [-0.2, -0.15) is 5.10 Å². The molecule has 1 fully saturated rings. The molecule has 2 aromatic rings. The van der Waals surface area contributed by atoms with Gasteiger partial charge in [0.05, 0.1) is 23.2 Å². The maximum absolute atomic E-state index is 12.4. The number of carbonyl (C=O) groups is 1. The Hall–Kier alpha value is -2.23. The molecule has 3 rings (SSSR count). The molecule has 0 unspecified atom stereocenters. The van der Waals surface area contributed by atoms with Gasteiger partial charge in [0.25, 0.3) is 5.91 Å². The number of nitrogens with zero attached hydrogens (tertiary/aromatic N) is 1. The van der Waals surface area contributed by atoms with Crippen LogP contribution in [0.5, 0.6) is 0 Å². The Morgan fingerprint density at radius 3 is 2.96 bits per heavy atom. The summed E-state index contributed by atoms with van der Waals surface area (Å²) in [5.74, 6) is -0.318. The summed E-state index contributed by atoms with van der Waals surface area (Å²) >= 11 is 0. The fourth-order valence-electron chi connectivity index (χ4n) is 2.56. The summed E-state index contributed by atoms with van der Waals surface area (Å²) in [6, 6.07) is 7.62. The summed E-state index contributed by atoms with van der Waals surface area (Å²) in [5.41, 5.74) is 0.941. The number of ether oxygens (including phenoxy) is 1. The molecule has 0 saturated carbocycles. The number of nitrogens with one attached hydrogen (secondary N) is 3.